The molecule has 2 aromatic carbocycles. The lowest BCUT2D eigenvalue weighted by Crippen LogP contribution is -2.05. The summed E-state index contributed by atoms with van der Waals surface area (Å²) >= 11 is 6.95. The van der Waals surface area contributed by atoms with Crippen LogP contribution in [-0.2, 0) is 4.74 Å². The Bertz CT molecular complexity index is 823. The Kier molecular flexibility index (Phi) is 3.56. The molecular weight excluding hydrogens is 386 g/mol. The summed E-state index contributed by atoms with van der Waals surface area (Å²) in [5.41, 5.74) is 1.36. The maximum atomic E-state index is 11.9. The molecule has 0 unspecified atom stereocenters. The number of hydrogen-bond acceptors (Lipinski definition) is 2. The summed E-state index contributed by atoms with van der Waals surface area (Å²) in [6, 6.07) is 10.2. The van der Waals surface area contributed by atoms with Crippen molar-refractivity contribution in [3.8, 4) is 0 Å². The SMILES string of the molecule is CCOC(=O)c1[nH]c2cc3cc(Br)ccc3cc2c1Br. The Morgan fingerprint density at radius 3 is 2.75 bits per heavy atom. The molecule has 3 nitrogen and oxygen atoms in total. The summed E-state index contributed by atoms with van der Waals surface area (Å²) < 4.78 is 6.82. The first-order valence-corrected chi connectivity index (χ1v) is 7.76. The van der Waals surface area contributed by atoms with Gasteiger partial charge in [0.25, 0.3) is 0 Å². The first-order chi connectivity index (χ1) is 9.60. The molecule has 0 spiro atoms. The number of carbonyl (C=O) groups excluding carboxylic acids is 1. The molecule has 5 heteroatoms. The number of nitrogens with one attached hydrogen (secondary N) is 1. The van der Waals surface area contributed by atoms with E-state index >= 15 is 0 Å². The maximum absolute atomic E-state index is 11.9. The fourth-order valence-electron chi connectivity index (χ4n) is 2.22. The van der Waals surface area contributed by atoms with E-state index < -0.39 is 0 Å². The molecule has 0 saturated heterocycles. The quantitative estimate of drug-likeness (QED) is 0.617. The monoisotopic (exact) mass is 395 g/mol. The zero-order chi connectivity index (χ0) is 14.3. The number of ether oxygens (including phenoxy) is 1. The second-order valence-corrected chi connectivity index (χ2v) is 6.13. The van der Waals surface area contributed by atoms with Crippen LogP contribution in [0, 0.1) is 0 Å². The Hall–Kier alpha value is -1.33. The number of aromatic nitrogens is 1. The van der Waals surface area contributed by atoms with Crippen LogP contribution in [0.5, 0.6) is 0 Å². The van der Waals surface area contributed by atoms with Gasteiger partial charge in [-0.3, -0.25) is 0 Å². The number of aromatic amines is 1. The normalized spacial score (nSPS) is 11.2. The van der Waals surface area contributed by atoms with Crippen molar-refractivity contribution in [3.05, 3.63) is 45.0 Å². The van der Waals surface area contributed by atoms with Crippen molar-refractivity contribution in [1.29, 1.82) is 0 Å². The molecule has 1 aromatic heterocycles. The van der Waals surface area contributed by atoms with Gasteiger partial charge >= 0.3 is 5.97 Å². The predicted octanol–water partition coefficient (Wildman–Crippen LogP) is 5.02. The van der Waals surface area contributed by atoms with E-state index in [1.807, 2.05) is 24.3 Å². The number of carbonyl (C=O) groups is 1. The van der Waals surface area contributed by atoms with Gasteiger partial charge in [-0.25, -0.2) is 4.79 Å². The van der Waals surface area contributed by atoms with Crippen molar-refractivity contribution in [2.75, 3.05) is 6.61 Å². The van der Waals surface area contributed by atoms with Crippen LogP contribution >= 0.6 is 31.9 Å². The Labute approximate surface area is 132 Å². The van der Waals surface area contributed by atoms with Gasteiger partial charge in [-0.1, -0.05) is 22.0 Å². The molecule has 20 heavy (non-hydrogen) atoms. The third-order valence-electron chi connectivity index (χ3n) is 3.13. The highest BCUT2D eigenvalue weighted by Gasteiger charge is 2.17. The average Bonchev–Trinajstić information content (AvgIpc) is 2.73. The van der Waals surface area contributed by atoms with Gasteiger partial charge in [0, 0.05) is 15.4 Å². The van der Waals surface area contributed by atoms with Crippen LogP contribution in [0.1, 0.15) is 17.4 Å². The summed E-state index contributed by atoms with van der Waals surface area (Å²) in [4.78, 5) is 15.0. The van der Waals surface area contributed by atoms with Crippen molar-refractivity contribution >= 4 is 59.5 Å². The molecule has 0 radical (unpaired) electrons. The van der Waals surface area contributed by atoms with E-state index in [1.54, 1.807) is 6.92 Å². The number of fused-ring (bicyclic) bond motifs is 2. The fraction of sp³-hybridized carbons (Fsp3) is 0.133. The van der Waals surface area contributed by atoms with Gasteiger partial charge in [0.1, 0.15) is 5.69 Å². The van der Waals surface area contributed by atoms with Crippen molar-refractivity contribution < 1.29 is 9.53 Å². The van der Waals surface area contributed by atoms with Crippen LogP contribution in [0.2, 0.25) is 0 Å². The van der Waals surface area contributed by atoms with Crippen LogP contribution in [0.25, 0.3) is 21.7 Å². The molecule has 0 aliphatic heterocycles. The molecule has 1 N–H and O–H groups in total. The largest absolute Gasteiger partial charge is 0.461 e. The standard InChI is InChI=1S/C15H11Br2NO2/c1-2-20-15(19)14-13(17)11-6-8-3-4-10(16)5-9(8)7-12(11)18-14/h3-7,18H,2H2,1H3. The summed E-state index contributed by atoms with van der Waals surface area (Å²) in [7, 11) is 0. The zero-order valence-corrected chi connectivity index (χ0v) is 13.8. The van der Waals surface area contributed by atoms with Crippen molar-refractivity contribution in [2.45, 2.75) is 6.92 Å². The molecule has 0 aliphatic carbocycles. The lowest BCUT2D eigenvalue weighted by Gasteiger charge is -1.99. The highest BCUT2D eigenvalue weighted by atomic mass is 79.9. The molecule has 102 valence electrons. The van der Waals surface area contributed by atoms with E-state index in [4.69, 9.17) is 4.74 Å². The lowest BCUT2D eigenvalue weighted by atomic mass is 10.1. The lowest BCUT2D eigenvalue weighted by molar-refractivity contribution is 0.0519. The first-order valence-electron chi connectivity index (χ1n) is 6.17. The number of H-pyrrole nitrogens is 1. The third kappa shape index (κ3) is 2.25. The number of rotatable bonds is 2. The van der Waals surface area contributed by atoms with E-state index in [9.17, 15) is 4.79 Å². The molecular formula is C15H11Br2NO2. The number of benzene rings is 2. The van der Waals surface area contributed by atoms with Gasteiger partial charge in [-0.2, -0.15) is 0 Å². The second kappa shape index (κ2) is 5.22. The van der Waals surface area contributed by atoms with Gasteiger partial charge in [0.2, 0.25) is 0 Å². The zero-order valence-electron chi connectivity index (χ0n) is 10.7. The molecule has 0 atom stereocenters. The molecule has 0 fully saturated rings. The third-order valence-corrected chi connectivity index (χ3v) is 4.45. The molecule has 3 aromatic rings. The minimum absolute atomic E-state index is 0.346. The summed E-state index contributed by atoms with van der Waals surface area (Å²) in [6.45, 7) is 2.15. The van der Waals surface area contributed by atoms with Crippen LogP contribution in [0.15, 0.2) is 39.3 Å². The maximum Gasteiger partial charge on any atom is 0.355 e. The molecule has 0 aliphatic rings. The van der Waals surface area contributed by atoms with Gasteiger partial charge in [0.15, 0.2) is 0 Å². The number of halogens is 2. The minimum Gasteiger partial charge on any atom is -0.461 e. The van der Waals surface area contributed by atoms with Crippen molar-refractivity contribution in [1.82, 2.24) is 4.98 Å². The van der Waals surface area contributed by atoms with E-state index in [1.165, 1.54) is 0 Å². The van der Waals surface area contributed by atoms with E-state index in [2.05, 4.69) is 42.9 Å². The summed E-state index contributed by atoms with van der Waals surface area (Å²) in [6.07, 6.45) is 0. The number of hydrogen-bond donors (Lipinski definition) is 1. The first kappa shape index (κ1) is 13.6. The molecule has 3 rings (SSSR count). The van der Waals surface area contributed by atoms with E-state index in [0.717, 1.165) is 30.6 Å². The van der Waals surface area contributed by atoms with Crippen molar-refractivity contribution in [3.63, 3.8) is 0 Å². The molecule has 0 saturated carbocycles. The number of esters is 1. The topological polar surface area (TPSA) is 42.1 Å². The van der Waals surface area contributed by atoms with Crippen LogP contribution in [0.4, 0.5) is 0 Å². The Morgan fingerprint density at radius 1 is 1.20 bits per heavy atom. The summed E-state index contributed by atoms with van der Waals surface area (Å²) in [5, 5.41) is 3.20. The van der Waals surface area contributed by atoms with Crippen LogP contribution < -0.4 is 0 Å². The highest BCUT2D eigenvalue weighted by molar-refractivity contribution is 9.11. The predicted molar refractivity (Wildman–Crippen MR) is 87.2 cm³/mol. The smallest absolute Gasteiger partial charge is 0.355 e. The highest BCUT2D eigenvalue weighted by Crippen LogP contribution is 2.32. The average molecular weight is 397 g/mol. The van der Waals surface area contributed by atoms with E-state index in [0.29, 0.717) is 12.3 Å². The minimum atomic E-state index is -0.346. The molecule has 0 bridgehead atoms. The van der Waals surface area contributed by atoms with Gasteiger partial charge in [-0.15, -0.1) is 0 Å². The van der Waals surface area contributed by atoms with E-state index in [-0.39, 0.29) is 5.97 Å². The van der Waals surface area contributed by atoms with Crippen LogP contribution in [0.3, 0.4) is 0 Å². The Morgan fingerprint density at radius 2 is 2.00 bits per heavy atom. The van der Waals surface area contributed by atoms with Crippen molar-refractivity contribution in [2.24, 2.45) is 0 Å². The second-order valence-electron chi connectivity index (χ2n) is 4.42. The molecule has 0 amide bonds. The van der Waals surface area contributed by atoms with Gasteiger partial charge < -0.3 is 9.72 Å². The Balaban J connectivity index is 2.25. The fourth-order valence-corrected chi connectivity index (χ4v) is 3.19. The van der Waals surface area contributed by atoms with Gasteiger partial charge in [0.05, 0.1) is 11.1 Å². The summed E-state index contributed by atoms with van der Waals surface area (Å²) in [5.74, 6) is -0.346. The molecule has 1 heterocycles. The van der Waals surface area contributed by atoms with Crippen LogP contribution in [-0.4, -0.2) is 17.6 Å². The van der Waals surface area contributed by atoms with Gasteiger partial charge in [-0.05, 0) is 57.9 Å².